The molecule has 6 heteroatoms. The molecule has 0 saturated carbocycles. The van der Waals surface area contributed by atoms with Crippen molar-refractivity contribution in [3.8, 4) is 0 Å². The lowest BCUT2D eigenvalue weighted by Gasteiger charge is -2.47. The molecule has 3 rings (SSSR count). The van der Waals surface area contributed by atoms with Crippen LogP contribution in [0.1, 0.15) is 32.6 Å². The van der Waals surface area contributed by atoms with Crippen LogP contribution in [-0.4, -0.2) is 34.7 Å². The van der Waals surface area contributed by atoms with Gasteiger partial charge in [0.15, 0.2) is 0 Å². The van der Waals surface area contributed by atoms with Gasteiger partial charge < -0.3 is 4.74 Å². The van der Waals surface area contributed by atoms with E-state index in [1.165, 1.54) is 0 Å². The SMILES string of the molecule is CCOC(=O)C1C(=O)CC2CCCC1N2Sc1ccc(Cl)cc1. The monoisotopic (exact) mass is 353 g/mol. The molecule has 124 valence electrons. The molecule has 0 N–H and O–H groups in total. The van der Waals surface area contributed by atoms with Crippen LogP contribution in [0, 0.1) is 5.92 Å². The van der Waals surface area contributed by atoms with Crippen molar-refractivity contribution in [1.29, 1.82) is 0 Å². The molecule has 0 aromatic heterocycles. The Hall–Kier alpha value is -1.04. The van der Waals surface area contributed by atoms with Gasteiger partial charge in [-0.25, -0.2) is 4.31 Å². The number of hydrogen-bond donors (Lipinski definition) is 0. The lowest BCUT2D eigenvalue weighted by molar-refractivity contribution is -0.157. The molecule has 2 aliphatic heterocycles. The van der Waals surface area contributed by atoms with Gasteiger partial charge in [0.05, 0.1) is 6.61 Å². The fraction of sp³-hybridized carbons (Fsp3) is 0.529. The highest BCUT2D eigenvalue weighted by atomic mass is 35.5. The van der Waals surface area contributed by atoms with Crippen LogP contribution in [0.15, 0.2) is 29.2 Å². The van der Waals surface area contributed by atoms with E-state index >= 15 is 0 Å². The lowest BCUT2D eigenvalue weighted by Crippen LogP contribution is -2.56. The van der Waals surface area contributed by atoms with Crippen LogP contribution < -0.4 is 0 Å². The van der Waals surface area contributed by atoms with Crippen LogP contribution in [-0.2, 0) is 14.3 Å². The van der Waals surface area contributed by atoms with E-state index in [4.69, 9.17) is 16.3 Å². The zero-order chi connectivity index (χ0) is 16.4. The average Bonchev–Trinajstić information content (AvgIpc) is 2.51. The van der Waals surface area contributed by atoms with Crippen molar-refractivity contribution in [2.75, 3.05) is 6.61 Å². The van der Waals surface area contributed by atoms with Crippen LogP contribution in [0.2, 0.25) is 5.02 Å². The minimum Gasteiger partial charge on any atom is -0.465 e. The van der Waals surface area contributed by atoms with Crippen molar-refractivity contribution >= 4 is 35.3 Å². The molecule has 1 aromatic rings. The first-order chi connectivity index (χ1) is 11.1. The molecule has 0 amide bonds. The summed E-state index contributed by atoms with van der Waals surface area (Å²) in [6.07, 6.45) is 3.33. The van der Waals surface area contributed by atoms with E-state index in [-0.39, 0.29) is 23.8 Å². The number of rotatable bonds is 4. The first-order valence-electron chi connectivity index (χ1n) is 8.01. The van der Waals surface area contributed by atoms with Crippen LogP contribution >= 0.6 is 23.5 Å². The van der Waals surface area contributed by atoms with Crippen LogP contribution in [0.3, 0.4) is 0 Å². The van der Waals surface area contributed by atoms with E-state index in [0.717, 1.165) is 24.2 Å². The predicted octanol–water partition coefficient (Wildman–Crippen LogP) is 3.72. The zero-order valence-corrected chi connectivity index (χ0v) is 14.6. The van der Waals surface area contributed by atoms with E-state index < -0.39 is 5.92 Å². The molecule has 2 saturated heterocycles. The van der Waals surface area contributed by atoms with Crippen LogP contribution in [0.4, 0.5) is 0 Å². The Bertz CT molecular complexity index is 584. The first kappa shape index (κ1) is 16.8. The number of hydrogen-bond acceptors (Lipinski definition) is 5. The Morgan fingerprint density at radius 3 is 2.78 bits per heavy atom. The molecule has 0 spiro atoms. The van der Waals surface area contributed by atoms with Gasteiger partial charge >= 0.3 is 5.97 Å². The Kier molecular flexibility index (Phi) is 5.29. The second kappa shape index (κ2) is 7.24. The number of nitrogens with zero attached hydrogens (tertiary/aromatic N) is 1. The summed E-state index contributed by atoms with van der Waals surface area (Å²) < 4.78 is 7.39. The Balaban J connectivity index is 1.82. The van der Waals surface area contributed by atoms with E-state index in [9.17, 15) is 9.59 Å². The second-order valence-corrected chi connectivity index (χ2v) is 7.47. The van der Waals surface area contributed by atoms with Gasteiger partial charge in [0.2, 0.25) is 0 Å². The highest BCUT2D eigenvalue weighted by molar-refractivity contribution is 7.97. The number of Topliss-reactive ketones (excluding diaryl/α,β-unsaturated/α-hetero) is 1. The topological polar surface area (TPSA) is 46.6 Å². The Morgan fingerprint density at radius 2 is 2.09 bits per heavy atom. The number of benzene rings is 1. The van der Waals surface area contributed by atoms with E-state index in [1.54, 1.807) is 18.9 Å². The fourth-order valence-electron chi connectivity index (χ4n) is 3.45. The third kappa shape index (κ3) is 3.57. The van der Waals surface area contributed by atoms with Crippen LogP contribution in [0.25, 0.3) is 0 Å². The van der Waals surface area contributed by atoms with E-state index in [1.807, 2.05) is 24.3 Å². The molecule has 0 radical (unpaired) electrons. The first-order valence-corrected chi connectivity index (χ1v) is 9.16. The van der Waals surface area contributed by atoms with Crippen molar-refractivity contribution in [3.05, 3.63) is 29.3 Å². The normalized spacial score (nSPS) is 27.7. The van der Waals surface area contributed by atoms with E-state index in [0.29, 0.717) is 18.1 Å². The maximum Gasteiger partial charge on any atom is 0.318 e. The van der Waals surface area contributed by atoms with Crippen molar-refractivity contribution in [2.45, 2.75) is 49.6 Å². The summed E-state index contributed by atoms with van der Waals surface area (Å²) in [6, 6.07) is 7.79. The highest BCUT2D eigenvalue weighted by Gasteiger charge is 2.48. The number of ketones is 1. The molecule has 23 heavy (non-hydrogen) atoms. The number of halogens is 1. The summed E-state index contributed by atoms with van der Waals surface area (Å²) in [7, 11) is 0. The molecule has 2 bridgehead atoms. The summed E-state index contributed by atoms with van der Waals surface area (Å²) in [5, 5.41) is 0.702. The van der Waals surface area contributed by atoms with Gasteiger partial charge in [-0.05, 0) is 56.0 Å². The molecule has 2 aliphatic rings. The Labute approximate surface area is 145 Å². The standard InChI is InChI=1S/C17H20ClNO3S/c1-2-22-17(21)16-14-5-3-4-12(10-15(16)20)19(14)23-13-8-6-11(18)7-9-13/h6-9,12,14,16H,2-5,10H2,1H3. The molecule has 0 aliphatic carbocycles. The molecule has 4 nitrogen and oxygen atoms in total. The second-order valence-electron chi connectivity index (χ2n) is 5.96. The quantitative estimate of drug-likeness (QED) is 0.469. The predicted molar refractivity (Wildman–Crippen MR) is 90.3 cm³/mol. The van der Waals surface area contributed by atoms with E-state index in [2.05, 4.69) is 4.31 Å². The summed E-state index contributed by atoms with van der Waals surface area (Å²) in [4.78, 5) is 25.7. The molecule has 2 fully saturated rings. The van der Waals surface area contributed by atoms with Crippen molar-refractivity contribution in [2.24, 2.45) is 5.92 Å². The molecular weight excluding hydrogens is 334 g/mol. The maximum absolute atomic E-state index is 12.4. The molecule has 2 heterocycles. The number of carbonyl (C=O) groups is 2. The molecular formula is C17H20ClNO3S. The number of esters is 1. The minimum atomic E-state index is -0.647. The van der Waals surface area contributed by atoms with Crippen molar-refractivity contribution < 1.29 is 14.3 Å². The maximum atomic E-state index is 12.4. The van der Waals surface area contributed by atoms with Gasteiger partial charge in [0.25, 0.3) is 0 Å². The van der Waals surface area contributed by atoms with Gasteiger partial charge in [-0.3, -0.25) is 9.59 Å². The van der Waals surface area contributed by atoms with Gasteiger partial charge in [-0.15, -0.1) is 0 Å². The summed E-state index contributed by atoms with van der Waals surface area (Å²) in [6.45, 7) is 2.08. The fourth-order valence-corrected chi connectivity index (χ4v) is 4.77. The smallest absolute Gasteiger partial charge is 0.318 e. The Morgan fingerprint density at radius 1 is 1.35 bits per heavy atom. The van der Waals surface area contributed by atoms with Crippen LogP contribution in [0.5, 0.6) is 0 Å². The summed E-state index contributed by atoms with van der Waals surface area (Å²) >= 11 is 7.56. The van der Waals surface area contributed by atoms with Gasteiger partial charge in [0.1, 0.15) is 11.7 Å². The third-order valence-corrected chi connectivity index (χ3v) is 5.97. The van der Waals surface area contributed by atoms with Gasteiger partial charge in [-0.2, -0.15) is 0 Å². The highest BCUT2D eigenvalue weighted by Crippen LogP contribution is 2.42. The number of fused-ring (bicyclic) bond motifs is 2. The number of carbonyl (C=O) groups excluding carboxylic acids is 2. The van der Waals surface area contributed by atoms with Crippen molar-refractivity contribution in [1.82, 2.24) is 4.31 Å². The van der Waals surface area contributed by atoms with Gasteiger partial charge in [-0.1, -0.05) is 18.0 Å². The largest absolute Gasteiger partial charge is 0.465 e. The zero-order valence-electron chi connectivity index (χ0n) is 13.0. The lowest BCUT2D eigenvalue weighted by atomic mass is 9.78. The molecule has 3 atom stereocenters. The number of ether oxygens (including phenoxy) is 1. The summed E-state index contributed by atoms with van der Waals surface area (Å²) in [5.41, 5.74) is 0. The number of piperidine rings is 2. The van der Waals surface area contributed by atoms with Crippen molar-refractivity contribution in [3.63, 3.8) is 0 Å². The third-order valence-electron chi connectivity index (χ3n) is 4.46. The molecule has 1 aromatic carbocycles. The minimum absolute atomic E-state index is 0.0334. The molecule has 3 unspecified atom stereocenters. The average molecular weight is 354 g/mol. The summed E-state index contributed by atoms with van der Waals surface area (Å²) in [5.74, 6) is -0.984. The van der Waals surface area contributed by atoms with Gasteiger partial charge in [0, 0.05) is 28.4 Å².